The molecule has 0 aliphatic carbocycles. The summed E-state index contributed by atoms with van der Waals surface area (Å²) in [5, 5.41) is 0. The van der Waals surface area contributed by atoms with Gasteiger partial charge in [0, 0.05) is 19.3 Å². The van der Waals surface area contributed by atoms with E-state index in [0.717, 1.165) is 19.6 Å². The number of rotatable bonds is 7. The lowest BCUT2D eigenvalue weighted by Crippen LogP contribution is -2.13. The lowest BCUT2D eigenvalue weighted by molar-refractivity contribution is 0.143. The van der Waals surface area contributed by atoms with Crippen molar-refractivity contribution < 1.29 is 4.74 Å². The van der Waals surface area contributed by atoms with Crippen LogP contribution in [0.2, 0.25) is 0 Å². The molecule has 0 rings (SSSR count). The maximum atomic E-state index is 5.60. The summed E-state index contributed by atoms with van der Waals surface area (Å²) in [6.45, 7) is 5.84. The number of nitrogens with two attached hydrogens (primary N) is 1. The van der Waals surface area contributed by atoms with Crippen LogP contribution in [0.4, 0.5) is 0 Å². The van der Waals surface area contributed by atoms with Crippen LogP contribution in [-0.4, -0.2) is 19.3 Å². The van der Waals surface area contributed by atoms with E-state index < -0.39 is 0 Å². The van der Waals surface area contributed by atoms with Gasteiger partial charge in [-0.15, -0.1) is 0 Å². The second-order valence-corrected chi connectivity index (χ2v) is 3.02. The van der Waals surface area contributed by atoms with Crippen molar-refractivity contribution in [3.05, 3.63) is 0 Å². The summed E-state index contributed by atoms with van der Waals surface area (Å²) in [5.41, 5.74) is 5.60. The van der Waals surface area contributed by atoms with Gasteiger partial charge in [0.2, 0.25) is 0 Å². The van der Waals surface area contributed by atoms with Gasteiger partial charge in [0.1, 0.15) is 0 Å². The topological polar surface area (TPSA) is 35.2 Å². The Balaban J connectivity index is 2.80. The molecule has 0 aromatic carbocycles. The van der Waals surface area contributed by atoms with Crippen molar-refractivity contribution in [2.75, 3.05) is 13.2 Å². The van der Waals surface area contributed by atoms with E-state index in [4.69, 9.17) is 10.5 Å². The molecule has 0 spiro atoms. The average molecular weight is 159 g/mol. The van der Waals surface area contributed by atoms with Crippen molar-refractivity contribution in [2.45, 2.75) is 45.6 Å². The van der Waals surface area contributed by atoms with Crippen molar-refractivity contribution in [1.82, 2.24) is 0 Å². The Hall–Kier alpha value is -0.0800. The molecule has 0 saturated heterocycles. The van der Waals surface area contributed by atoms with E-state index in [0.29, 0.717) is 6.04 Å². The molecule has 0 aliphatic rings. The third kappa shape index (κ3) is 9.92. The van der Waals surface area contributed by atoms with E-state index in [-0.39, 0.29) is 0 Å². The fourth-order valence-electron chi connectivity index (χ4n) is 0.992. The molecule has 0 amide bonds. The SMILES string of the molecule is CCOCCCCCC(C)N. The molecule has 0 bridgehead atoms. The normalized spacial score (nSPS) is 13.4. The second-order valence-electron chi connectivity index (χ2n) is 3.02. The van der Waals surface area contributed by atoms with Gasteiger partial charge < -0.3 is 10.5 Å². The van der Waals surface area contributed by atoms with Gasteiger partial charge in [-0.1, -0.05) is 12.8 Å². The number of ether oxygens (including phenoxy) is 1. The van der Waals surface area contributed by atoms with Crippen molar-refractivity contribution in [1.29, 1.82) is 0 Å². The monoisotopic (exact) mass is 159 g/mol. The molecular weight excluding hydrogens is 138 g/mol. The largest absolute Gasteiger partial charge is 0.382 e. The zero-order valence-electron chi connectivity index (χ0n) is 7.81. The third-order valence-electron chi connectivity index (χ3n) is 1.65. The standard InChI is InChI=1S/C9H21NO/c1-3-11-8-6-4-5-7-9(2)10/h9H,3-8,10H2,1-2H3. The molecular formula is C9H21NO. The van der Waals surface area contributed by atoms with Crippen LogP contribution in [0.25, 0.3) is 0 Å². The van der Waals surface area contributed by atoms with E-state index in [1.807, 2.05) is 6.92 Å². The first-order chi connectivity index (χ1) is 5.27. The van der Waals surface area contributed by atoms with Crippen LogP contribution in [0.15, 0.2) is 0 Å². The fourth-order valence-corrected chi connectivity index (χ4v) is 0.992. The van der Waals surface area contributed by atoms with Crippen molar-refractivity contribution in [3.8, 4) is 0 Å². The van der Waals surface area contributed by atoms with Gasteiger partial charge in [0.05, 0.1) is 0 Å². The number of unbranched alkanes of at least 4 members (excludes halogenated alkanes) is 2. The number of hydrogen-bond donors (Lipinski definition) is 1. The predicted octanol–water partition coefficient (Wildman–Crippen LogP) is 1.93. The Morgan fingerprint density at radius 1 is 1.27 bits per heavy atom. The molecule has 1 unspecified atom stereocenters. The second kappa shape index (κ2) is 8.02. The van der Waals surface area contributed by atoms with Crippen LogP contribution < -0.4 is 5.73 Å². The van der Waals surface area contributed by atoms with E-state index in [1.165, 1.54) is 19.3 Å². The van der Waals surface area contributed by atoms with Crippen LogP contribution in [0.1, 0.15) is 39.5 Å². The highest BCUT2D eigenvalue weighted by Gasteiger charge is 1.93. The zero-order valence-corrected chi connectivity index (χ0v) is 7.81. The van der Waals surface area contributed by atoms with Crippen LogP contribution in [-0.2, 0) is 4.74 Å². The molecule has 0 aromatic heterocycles. The van der Waals surface area contributed by atoms with Crippen molar-refractivity contribution in [3.63, 3.8) is 0 Å². The molecule has 0 heterocycles. The maximum absolute atomic E-state index is 5.60. The van der Waals surface area contributed by atoms with Crippen LogP contribution in [0, 0.1) is 0 Å². The lowest BCUT2D eigenvalue weighted by atomic mass is 10.1. The van der Waals surface area contributed by atoms with E-state index >= 15 is 0 Å². The van der Waals surface area contributed by atoms with Crippen LogP contribution in [0.5, 0.6) is 0 Å². The zero-order chi connectivity index (χ0) is 8.53. The minimum Gasteiger partial charge on any atom is -0.382 e. The summed E-state index contributed by atoms with van der Waals surface area (Å²) < 4.78 is 5.21. The van der Waals surface area contributed by atoms with Gasteiger partial charge in [0.25, 0.3) is 0 Å². The lowest BCUT2D eigenvalue weighted by Gasteiger charge is -2.04. The molecule has 2 nitrogen and oxygen atoms in total. The van der Waals surface area contributed by atoms with E-state index in [2.05, 4.69) is 6.92 Å². The van der Waals surface area contributed by atoms with E-state index in [9.17, 15) is 0 Å². The first kappa shape index (κ1) is 10.9. The number of hydrogen-bond acceptors (Lipinski definition) is 2. The molecule has 0 radical (unpaired) electrons. The molecule has 68 valence electrons. The Morgan fingerprint density at radius 2 is 2.00 bits per heavy atom. The van der Waals surface area contributed by atoms with Crippen molar-refractivity contribution in [2.24, 2.45) is 5.73 Å². The molecule has 1 atom stereocenters. The molecule has 0 aromatic rings. The Bertz CT molecular complexity index is 74.0. The summed E-state index contributed by atoms with van der Waals surface area (Å²) in [6.07, 6.45) is 4.82. The summed E-state index contributed by atoms with van der Waals surface area (Å²) in [7, 11) is 0. The van der Waals surface area contributed by atoms with Gasteiger partial charge >= 0.3 is 0 Å². The van der Waals surface area contributed by atoms with Crippen molar-refractivity contribution >= 4 is 0 Å². The molecule has 0 saturated carbocycles. The van der Waals surface area contributed by atoms with Gasteiger partial charge in [0.15, 0.2) is 0 Å². The molecule has 0 aliphatic heterocycles. The maximum Gasteiger partial charge on any atom is 0.0465 e. The smallest absolute Gasteiger partial charge is 0.0465 e. The highest BCUT2D eigenvalue weighted by Crippen LogP contribution is 2.01. The summed E-state index contributed by atoms with van der Waals surface area (Å²) in [6, 6.07) is 0.363. The quantitative estimate of drug-likeness (QED) is 0.576. The van der Waals surface area contributed by atoms with Gasteiger partial charge in [-0.2, -0.15) is 0 Å². The van der Waals surface area contributed by atoms with Crippen LogP contribution in [0.3, 0.4) is 0 Å². The Morgan fingerprint density at radius 3 is 2.55 bits per heavy atom. The molecule has 0 fully saturated rings. The first-order valence-corrected chi connectivity index (χ1v) is 4.60. The fraction of sp³-hybridized carbons (Fsp3) is 1.00. The Labute approximate surface area is 70.1 Å². The first-order valence-electron chi connectivity index (χ1n) is 4.60. The summed E-state index contributed by atoms with van der Waals surface area (Å²) >= 11 is 0. The minimum atomic E-state index is 0.363. The third-order valence-corrected chi connectivity index (χ3v) is 1.65. The molecule has 2 N–H and O–H groups in total. The highest BCUT2D eigenvalue weighted by atomic mass is 16.5. The van der Waals surface area contributed by atoms with Crippen LogP contribution >= 0.6 is 0 Å². The van der Waals surface area contributed by atoms with Gasteiger partial charge in [-0.25, -0.2) is 0 Å². The predicted molar refractivity (Wildman–Crippen MR) is 48.6 cm³/mol. The summed E-state index contributed by atoms with van der Waals surface area (Å²) in [4.78, 5) is 0. The van der Waals surface area contributed by atoms with Gasteiger partial charge in [-0.05, 0) is 26.7 Å². The molecule has 11 heavy (non-hydrogen) atoms. The van der Waals surface area contributed by atoms with Gasteiger partial charge in [-0.3, -0.25) is 0 Å². The Kier molecular flexibility index (Phi) is 7.96. The summed E-state index contributed by atoms with van der Waals surface area (Å²) in [5.74, 6) is 0. The average Bonchev–Trinajstić information content (AvgIpc) is 1.96. The minimum absolute atomic E-state index is 0.363. The molecule has 2 heteroatoms. The highest BCUT2D eigenvalue weighted by molar-refractivity contribution is 4.52. The van der Waals surface area contributed by atoms with E-state index in [1.54, 1.807) is 0 Å².